The zero-order valence-corrected chi connectivity index (χ0v) is 17.7. The molecule has 0 unspecified atom stereocenters. The molecule has 5 nitrogen and oxygen atoms in total. The third-order valence-corrected chi connectivity index (χ3v) is 6.06. The van der Waals surface area contributed by atoms with Gasteiger partial charge in [0.15, 0.2) is 0 Å². The van der Waals surface area contributed by atoms with E-state index in [4.69, 9.17) is 0 Å². The van der Waals surface area contributed by atoms with Crippen LogP contribution >= 0.6 is 0 Å². The maximum atomic E-state index is 13.2. The molecule has 1 aromatic heterocycles. The Morgan fingerprint density at radius 1 is 1.19 bits per heavy atom. The van der Waals surface area contributed by atoms with Gasteiger partial charge in [-0.05, 0) is 79.8 Å². The van der Waals surface area contributed by atoms with Crippen molar-refractivity contribution in [1.82, 2.24) is 4.98 Å². The third kappa shape index (κ3) is 4.38. The molecule has 1 atom stereocenters. The second-order valence-electron chi connectivity index (χ2n) is 8.01. The van der Waals surface area contributed by atoms with E-state index in [2.05, 4.69) is 33.4 Å². The molecule has 2 N–H and O–H groups in total. The number of aromatic nitrogens is 1. The Morgan fingerprint density at radius 3 is 2.68 bits per heavy atom. The van der Waals surface area contributed by atoms with Gasteiger partial charge in [0.05, 0.1) is 16.9 Å². The van der Waals surface area contributed by atoms with Gasteiger partial charge in [-0.1, -0.05) is 6.07 Å². The van der Waals surface area contributed by atoms with Crippen LogP contribution in [-0.4, -0.2) is 29.7 Å². The van der Waals surface area contributed by atoms with Crippen LogP contribution in [0.1, 0.15) is 45.9 Å². The normalized spacial score (nSPS) is 15.3. The van der Waals surface area contributed by atoms with Crippen LogP contribution in [0.15, 0.2) is 54.7 Å². The van der Waals surface area contributed by atoms with Crippen molar-refractivity contribution < 1.29 is 14.3 Å². The second-order valence-corrected chi connectivity index (χ2v) is 8.01. The first-order valence-corrected chi connectivity index (χ1v) is 10.5. The maximum Gasteiger partial charge on any atom is 0.337 e. The number of carboxylic acid groups (broad SMARTS) is 1. The molecule has 0 aliphatic heterocycles. The minimum absolute atomic E-state index is 0.243. The lowest BCUT2D eigenvalue weighted by atomic mass is 9.82. The van der Waals surface area contributed by atoms with E-state index in [1.165, 1.54) is 35.5 Å². The largest absolute Gasteiger partial charge is 0.478 e. The van der Waals surface area contributed by atoms with Gasteiger partial charge in [-0.2, -0.15) is 0 Å². The first kappa shape index (κ1) is 20.8. The number of carbonyl (C=O) groups is 1. The number of aromatic carboxylic acids is 1. The molecule has 31 heavy (non-hydrogen) atoms. The summed E-state index contributed by atoms with van der Waals surface area (Å²) in [5, 5.41) is 12.8. The first-order valence-electron chi connectivity index (χ1n) is 10.5. The Balaban J connectivity index is 1.54. The van der Waals surface area contributed by atoms with Crippen LogP contribution in [0.2, 0.25) is 0 Å². The number of aryl methyl sites for hydroxylation is 2. The van der Waals surface area contributed by atoms with Crippen molar-refractivity contribution >= 4 is 23.0 Å². The number of anilines is 3. The summed E-state index contributed by atoms with van der Waals surface area (Å²) in [4.78, 5) is 17.9. The highest BCUT2D eigenvalue weighted by molar-refractivity contribution is 5.94. The molecular weight excluding hydrogens is 393 g/mol. The Kier molecular flexibility index (Phi) is 5.89. The molecule has 1 aliphatic carbocycles. The summed E-state index contributed by atoms with van der Waals surface area (Å²) in [5.74, 6) is -0.895. The number of nitrogens with zero attached hydrogens (tertiary/aromatic N) is 2. The molecule has 0 amide bonds. The molecule has 1 aliphatic rings. The fraction of sp³-hybridized carbons (Fsp3) is 0.280. The van der Waals surface area contributed by atoms with Crippen LogP contribution in [0.3, 0.4) is 0 Å². The summed E-state index contributed by atoms with van der Waals surface area (Å²) in [7, 11) is 1.98. The van der Waals surface area contributed by atoms with Gasteiger partial charge in [-0.25, -0.2) is 9.18 Å². The Bertz CT molecular complexity index is 1100. The molecule has 2 aromatic carbocycles. The SMILES string of the molecule is Cc1nccc(C(=O)O)c1NC[C@@H]1CCCc2cc(N(C)c3ccc(F)cc3)ccc21. The van der Waals surface area contributed by atoms with Crippen molar-refractivity contribution in [3.05, 3.63) is 82.9 Å². The molecule has 0 spiro atoms. The van der Waals surface area contributed by atoms with Crippen LogP contribution in [-0.2, 0) is 6.42 Å². The molecule has 0 fully saturated rings. The van der Waals surface area contributed by atoms with Gasteiger partial charge in [0.2, 0.25) is 0 Å². The topological polar surface area (TPSA) is 65.5 Å². The highest BCUT2D eigenvalue weighted by Gasteiger charge is 2.22. The molecule has 160 valence electrons. The summed E-state index contributed by atoms with van der Waals surface area (Å²) < 4.78 is 13.2. The molecule has 0 bridgehead atoms. The fourth-order valence-electron chi connectivity index (χ4n) is 4.33. The van der Waals surface area contributed by atoms with E-state index in [0.717, 1.165) is 30.6 Å². The van der Waals surface area contributed by atoms with Gasteiger partial charge in [-0.3, -0.25) is 4.98 Å². The number of rotatable bonds is 6. The molecule has 1 heterocycles. The second kappa shape index (κ2) is 8.76. The number of fused-ring (bicyclic) bond motifs is 1. The third-order valence-electron chi connectivity index (χ3n) is 6.06. The van der Waals surface area contributed by atoms with Gasteiger partial charge < -0.3 is 15.3 Å². The average Bonchev–Trinajstić information content (AvgIpc) is 2.77. The van der Waals surface area contributed by atoms with Gasteiger partial charge in [-0.15, -0.1) is 0 Å². The highest BCUT2D eigenvalue weighted by Crippen LogP contribution is 2.36. The molecule has 0 saturated heterocycles. The summed E-state index contributed by atoms with van der Waals surface area (Å²) in [6.07, 6.45) is 4.68. The summed E-state index contributed by atoms with van der Waals surface area (Å²) >= 11 is 0. The van der Waals surface area contributed by atoms with Crippen molar-refractivity contribution in [2.24, 2.45) is 0 Å². The predicted octanol–water partition coefficient (Wildman–Crippen LogP) is 5.53. The number of pyridine rings is 1. The van der Waals surface area contributed by atoms with Crippen molar-refractivity contribution in [2.75, 3.05) is 23.8 Å². The standard InChI is InChI=1S/C25H26FN3O2/c1-16-24(23(25(30)31)12-13-27-16)28-15-18-5-3-4-17-14-21(10-11-22(17)18)29(2)20-8-6-19(26)7-9-20/h6-14,18,28H,3-5,15H2,1-2H3,(H,30,31)/t18-/m0/s1. The zero-order chi connectivity index (χ0) is 22.0. The van der Waals surface area contributed by atoms with Crippen LogP contribution in [0, 0.1) is 12.7 Å². The van der Waals surface area contributed by atoms with E-state index in [9.17, 15) is 14.3 Å². The van der Waals surface area contributed by atoms with Crippen molar-refractivity contribution in [2.45, 2.75) is 32.1 Å². The van der Waals surface area contributed by atoms with Crippen molar-refractivity contribution in [1.29, 1.82) is 0 Å². The van der Waals surface area contributed by atoms with Crippen LogP contribution in [0.5, 0.6) is 0 Å². The lowest BCUT2D eigenvalue weighted by molar-refractivity contribution is 0.0697. The Hall–Kier alpha value is -3.41. The number of hydrogen-bond donors (Lipinski definition) is 2. The van der Waals surface area contributed by atoms with E-state index >= 15 is 0 Å². The molecule has 0 radical (unpaired) electrons. The Morgan fingerprint density at radius 2 is 1.94 bits per heavy atom. The van der Waals surface area contributed by atoms with Gasteiger partial charge >= 0.3 is 5.97 Å². The van der Waals surface area contributed by atoms with Crippen molar-refractivity contribution in [3.8, 4) is 0 Å². The van der Waals surface area contributed by atoms with E-state index in [0.29, 0.717) is 23.8 Å². The predicted molar refractivity (Wildman–Crippen MR) is 121 cm³/mol. The lowest BCUT2D eigenvalue weighted by Gasteiger charge is -2.29. The summed E-state index contributed by atoms with van der Waals surface area (Å²) in [5.41, 5.74) is 6.14. The Labute approximate surface area is 181 Å². The maximum absolute atomic E-state index is 13.2. The van der Waals surface area contributed by atoms with Gasteiger partial charge in [0, 0.05) is 37.1 Å². The van der Waals surface area contributed by atoms with Crippen LogP contribution in [0.4, 0.5) is 21.5 Å². The van der Waals surface area contributed by atoms with Gasteiger partial charge in [0.25, 0.3) is 0 Å². The smallest absolute Gasteiger partial charge is 0.337 e. The minimum Gasteiger partial charge on any atom is -0.478 e. The number of benzene rings is 2. The number of halogens is 1. The lowest BCUT2D eigenvalue weighted by Crippen LogP contribution is -2.20. The van der Waals surface area contributed by atoms with Crippen LogP contribution in [0.25, 0.3) is 0 Å². The highest BCUT2D eigenvalue weighted by atomic mass is 19.1. The summed E-state index contributed by atoms with van der Waals surface area (Å²) in [6.45, 7) is 2.48. The van der Waals surface area contributed by atoms with E-state index in [1.807, 2.05) is 14.0 Å². The van der Waals surface area contributed by atoms with E-state index in [1.54, 1.807) is 12.1 Å². The molecule has 0 saturated carbocycles. The van der Waals surface area contributed by atoms with Crippen LogP contribution < -0.4 is 10.2 Å². The zero-order valence-electron chi connectivity index (χ0n) is 17.7. The number of hydrogen-bond acceptors (Lipinski definition) is 4. The summed E-state index contributed by atoms with van der Waals surface area (Å²) in [6, 6.07) is 14.5. The average molecular weight is 420 g/mol. The van der Waals surface area contributed by atoms with E-state index in [-0.39, 0.29) is 11.4 Å². The molecule has 6 heteroatoms. The molecular formula is C25H26FN3O2. The minimum atomic E-state index is -0.953. The van der Waals surface area contributed by atoms with E-state index < -0.39 is 5.97 Å². The molecule has 3 aromatic rings. The monoisotopic (exact) mass is 419 g/mol. The van der Waals surface area contributed by atoms with Crippen molar-refractivity contribution in [3.63, 3.8) is 0 Å². The molecule has 4 rings (SSSR count). The van der Waals surface area contributed by atoms with Gasteiger partial charge in [0.1, 0.15) is 5.82 Å². The number of nitrogens with one attached hydrogen (secondary N) is 1. The fourth-order valence-corrected chi connectivity index (χ4v) is 4.33. The first-order chi connectivity index (χ1) is 14.9. The quantitative estimate of drug-likeness (QED) is 0.550. The number of carboxylic acids is 1.